The molecule has 1 fully saturated rings. The zero-order chi connectivity index (χ0) is 18.0. The molecular weight excluding hydrogens is 335 g/mol. The molecule has 0 spiro atoms. The third kappa shape index (κ3) is 3.79. The van der Waals surface area contributed by atoms with Gasteiger partial charge in [-0.25, -0.2) is 9.97 Å². The van der Waals surface area contributed by atoms with Crippen LogP contribution in [0.15, 0.2) is 36.5 Å². The summed E-state index contributed by atoms with van der Waals surface area (Å²) in [6.45, 7) is 1.08. The van der Waals surface area contributed by atoms with Crippen molar-refractivity contribution in [1.82, 2.24) is 14.9 Å². The van der Waals surface area contributed by atoms with Crippen LogP contribution in [-0.2, 0) is 4.74 Å². The number of nitrogens with zero attached hydrogens (tertiary/aromatic N) is 3. The van der Waals surface area contributed by atoms with Crippen molar-refractivity contribution < 1.29 is 22.7 Å². The largest absolute Gasteiger partial charge is 0.416 e. The van der Waals surface area contributed by atoms with Gasteiger partial charge in [0.05, 0.1) is 24.4 Å². The SMILES string of the molecule is Cc1ncc(C(=O)N2CCO[C@H](C(F)(F)F)C2)c(-c2ccccc2)n1. The van der Waals surface area contributed by atoms with E-state index in [9.17, 15) is 18.0 Å². The maximum Gasteiger partial charge on any atom is 0.416 e. The Balaban J connectivity index is 1.93. The first-order chi connectivity index (χ1) is 11.9. The quantitative estimate of drug-likeness (QED) is 0.835. The minimum Gasteiger partial charge on any atom is -0.365 e. The predicted molar refractivity (Wildman–Crippen MR) is 83.9 cm³/mol. The number of alkyl halides is 3. The maximum absolute atomic E-state index is 12.9. The van der Waals surface area contributed by atoms with Gasteiger partial charge in [0.25, 0.3) is 5.91 Å². The lowest BCUT2D eigenvalue weighted by Gasteiger charge is -2.34. The molecule has 132 valence electrons. The van der Waals surface area contributed by atoms with Gasteiger partial charge in [0.2, 0.25) is 0 Å². The number of carbonyl (C=O) groups excluding carboxylic acids is 1. The van der Waals surface area contributed by atoms with Gasteiger partial charge in [0, 0.05) is 18.3 Å². The Morgan fingerprint density at radius 1 is 1.28 bits per heavy atom. The molecule has 0 saturated carbocycles. The van der Waals surface area contributed by atoms with Gasteiger partial charge in [-0.3, -0.25) is 4.79 Å². The first kappa shape index (κ1) is 17.3. The third-order valence-electron chi connectivity index (χ3n) is 3.91. The molecule has 1 atom stereocenters. The van der Waals surface area contributed by atoms with E-state index in [4.69, 9.17) is 4.74 Å². The summed E-state index contributed by atoms with van der Waals surface area (Å²) in [6.07, 6.45) is -5.12. The highest BCUT2D eigenvalue weighted by Crippen LogP contribution is 2.28. The van der Waals surface area contributed by atoms with Crippen LogP contribution in [0.3, 0.4) is 0 Å². The van der Waals surface area contributed by atoms with E-state index in [0.29, 0.717) is 17.1 Å². The van der Waals surface area contributed by atoms with Crippen LogP contribution in [-0.4, -0.2) is 52.8 Å². The Morgan fingerprint density at radius 3 is 2.68 bits per heavy atom. The van der Waals surface area contributed by atoms with Crippen LogP contribution < -0.4 is 0 Å². The van der Waals surface area contributed by atoms with E-state index in [2.05, 4.69) is 9.97 Å². The molecule has 1 aliphatic rings. The van der Waals surface area contributed by atoms with Gasteiger partial charge >= 0.3 is 6.18 Å². The average Bonchev–Trinajstić information content (AvgIpc) is 2.61. The normalized spacial score (nSPS) is 18.2. The molecule has 1 amide bonds. The van der Waals surface area contributed by atoms with E-state index in [-0.39, 0.29) is 18.7 Å². The van der Waals surface area contributed by atoms with Crippen molar-refractivity contribution in [2.75, 3.05) is 19.7 Å². The van der Waals surface area contributed by atoms with Crippen LogP contribution in [0.2, 0.25) is 0 Å². The number of hydrogen-bond acceptors (Lipinski definition) is 4. The second kappa shape index (κ2) is 6.79. The highest BCUT2D eigenvalue weighted by Gasteiger charge is 2.44. The van der Waals surface area contributed by atoms with Gasteiger partial charge in [0.1, 0.15) is 5.82 Å². The van der Waals surface area contributed by atoms with E-state index in [1.165, 1.54) is 6.20 Å². The minimum absolute atomic E-state index is 0.0908. The molecule has 0 radical (unpaired) electrons. The zero-order valence-corrected chi connectivity index (χ0v) is 13.5. The summed E-state index contributed by atoms with van der Waals surface area (Å²) >= 11 is 0. The maximum atomic E-state index is 12.9. The average molecular weight is 351 g/mol. The number of ether oxygens (including phenoxy) is 1. The number of morpholine rings is 1. The fourth-order valence-corrected chi connectivity index (χ4v) is 2.64. The van der Waals surface area contributed by atoms with Gasteiger partial charge in [-0.2, -0.15) is 13.2 Å². The van der Waals surface area contributed by atoms with Crippen LogP contribution >= 0.6 is 0 Å². The molecule has 1 saturated heterocycles. The van der Waals surface area contributed by atoms with Crippen LogP contribution in [0, 0.1) is 6.92 Å². The summed E-state index contributed by atoms with van der Waals surface area (Å²) in [5.41, 5.74) is 1.30. The molecule has 1 aliphatic heterocycles. The Bertz CT molecular complexity index is 765. The van der Waals surface area contributed by atoms with Crippen LogP contribution in [0.1, 0.15) is 16.2 Å². The monoisotopic (exact) mass is 351 g/mol. The molecule has 2 aromatic rings. The Morgan fingerprint density at radius 2 is 2.00 bits per heavy atom. The molecule has 8 heteroatoms. The Kier molecular flexibility index (Phi) is 4.71. The predicted octanol–water partition coefficient (Wildman–Crippen LogP) is 2.86. The molecule has 0 N–H and O–H groups in total. The Hall–Kier alpha value is -2.48. The molecule has 1 aromatic carbocycles. The summed E-state index contributed by atoms with van der Waals surface area (Å²) < 4.78 is 43.4. The lowest BCUT2D eigenvalue weighted by Crippen LogP contribution is -2.51. The first-order valence-corrected chi connectivity index (χ1v) is 7.73. The zero-order valence-electron chi connectivity index (χ0n) is 13.5. The lowest BCUT2D eigenvalue weighted by molar-refractivity contribution is -0.233. The highest BCUT2D eigenvalue weighted by molar-refractivity contribution is 5.99. The van der Waals surface area contributed by atoms with Crippen molar-refractivity contribution in [3.63, 3.8) is 0 Å². The molecule has 0 aliphatic carbocycles. The molecule has 1 aromatic heterocycles. The second-order valence-electron chi connectivity index (χ2n) is 5.70. The molecular formula is C17H16F3N3O2. The number of carbonyl (C=O) groups is 1. The summed E-state index contributed by atoms with van der Waals surface area (Å²) in [6, 6.07) is 9.01. The van der Waals surface area contributed by atoms with Crippen LogP contribution in [0.4, 0.5) is 13.2 Å². The Labute approximate surface area is 142 Å². The van der Waals surface area contributed by atoms with Crippen LogP contribution in [0.25, 0.3) is 11.3 Å². The topological polar surface area (TPSA) is 55.3 Å². The smallest absolute Gasteiger partial charge is 0.365 e. The van der Waals surface area contributed by atoms with E-state index in [1.807, 2.05) is 6.07 Å². The van der Waals surface area contributed by atoms with Crippen molar-refractivity contribution in [3.05, 3.63) is 47.9 Å². The van der Waals surface area contributed by atoms with E-state index >= 15 is 0 Å². The van der Waals surface area contributed by atoms with E-state index in [1.54, 1.807) is 31.2 Å². The minimum atomic E-state index is -4.51. The van der Waals surface area contributed by atoms with E-state index in [0.717, 1.165) is 4.90 Å². The number of amides is 1. The highest BCUT2D eigenvalue weighted by atomic mass is 19.4. The molecule has 2 heterocycles. The van der Waals surface area contributed by atoms with Crippen molar-refractivity contribution in [2.24, 2.45) is 0 Å². The molecule has 0 bridgehead atoms. The summed E-state index contributed by atoms with van der Waals surface area (Å²) in [4.78, 5) is 22.3. The van der Waals surface area contributed by atoms with Gasteiger partial charge in [0.15, 0.2) is 6.10 Å². The molecule has 5 nitrogen and oxygen atoms in total. The molecule has 25 heavy (non-hydrogen) atoms. The van der Waals surface area contributed by atoms with E-state index < -0.39 is 24.7 Å². The van der Waals surface area contributed by atoms with Gasteiger partial charge in [-0.05, 0) is 6.92 Å². The molecule has 0 unspecified atom stereocenters. The summed E-state index contributed by atoms with van der Waals surface area (Å²) in [5.74, 6) is -0.0537. The van der Waals surface area contributed by atoms with Crippen molar-refractivity contribution >= 4 is 5.91 Å². The number of aromatic nitrogens is 2. The van der Waals surface area contributed by atoms with Crippen molar-refractivity contribution in [2.45, 2.75) is 19.2 Å². The number of halogens is 3. The standard InChI is InChI=1S/C17H16F3N3O2/c1-11-21-9-13(15(22-11)12-5-3-2-4-6-12)16(24)23-7-8-25-14(10-23)17(18,19)20/h2-6,9,14H,7-8,10H2,1H3/t14-/m0/s1. The fourth-order valence-electron chi connectivity index (χ4n) is 2.64. The van der Waals surface area contributed by atoms with Crippen LogP contribution in [0.5, 0.6) is 0 Å². The number of hydrogen-bond donors (Lipinski definition) is 0. The number of rotatable bonds is 2. The molecule has 3 rings (SSSR count). The summed E-state index contributed by atoms with van der Waals surface area (Å²) in [7, 11) is 0. The first-order valence-electron chi connectivity index (χ1n) is 7.73. The summed E-state index contributed by atoms with van der Waals surface area (Å²) in [5, 5.41) is 0. The lowest BCUT2D eigenvalue weighted by atomic mass is 10.1. The number of aryl methyl sites for hydroxylation is 1. The third-order valence-corrected chi connectivity index (χ3v) is 3.91. The van der Waals surface area contributed by atoms with Gasteiger partial charge in [-0.1, -0.05) is 30.3 Å². The van der Waals surface area contributed by atoms with Crippen molar-refractivity contribution in [3.8, 4) is 11.3 Å². The van der Waals surface area contributed by atoms with Gasteiger partial charge in [-0.15, -0.1) is 0 Å². The van der Waals surface area contributed by atoms with Crippen molar-refractivity contribution in [1.29, 1.82) is 0 Å². The fraction of sp³-hybridized carbons (Fsp3) is 0.353. The second-order valence-corrected chi connectivity index (χ2v) is 5.70. The number of benzene rings is 1. The van der Waals surface area contributed by atoms with Gasteiger partial charge < -0.3 is 9.64 Å².